The van der Waals surface area contributed by atoms with Crippen molar-refractivity contribution in [1.82, 2.24) is 0 Å². The summed E-state index contributed by atoms with van der Waals surface area (Å²) in [6, 6.07) is 9.72. The fourth-order valence-corrected chi connectivity index (χ4v) is 2.67. The maximum atomic E-state index is 12.1. The molecule has 2 N–H and O–H groups in total. The van der Waals surface area contributed by atoms with E-state index in [1.54, 1.807) is 13.0 Å². The second-order valence-corrected chi connectivity index (χ2v) is 6.29. The fraction of sp³-hybridized carbons (Fsp3) is 0.0714. The lowest BCUT2D eigenvalue weighted by atomic mass is 10.2. The van der Waals surface area contributed by atoms with E-state index in [1.165, 1.54) is 36.4 Å². The molecule has 0 bridgehead atoms. The second kappa shape index (κ2) is 5.75. The van der Waals surface area contributed by atoms with Crippen LogP contribution in [0.1, 0.15) is 15.9 Å². The van der Waals surface area contributed by atoms with Crippen LogP contribution in [0, 0.1) is 6.92 Å². The maximum Gasteiger partial charge on any atom is 0.339 e. The lowest BCUT2D eigenvalue weighted by Gasteiger charge is -2.08. The predicted octanol–water partition coefficient (Wildman–Crippen LogP) is 2.52. The average molecular weight is 326 g/mol. The Hall–Kier alpha value is -2.05. The van der Waals surface area contributed by atoms with Crippen molar-refractivity contribution in [3.8, 4) is 5.75 Å². The molecule has 0 radical (unpaired) electrons. The molecule has 2 aromatic rings. The molecule has 0 unspecified atom stereocenters. The largest absolute Gasteiger partial charge is 0.379 e. The van der Waals surface area contributed by atoms with E-state index in [0.717, 1.165) is 0 Å². The van der Waals surface area contributed by atoms with E-state index in [9.17, 15) is 13.2 Å². The summed E-state index contributed by atoms with van der Waals surface area (Å²) in [6.07, 6.45) is 0. The molecule has 2 aromatic carbocycles. The number of benzene rings is 2. The number of halogens is 1. The lowest BCUT2D eigenvalue weighted by Crippen LogP contribution is -2.13. The predicted molar refractivity (Wildman–Crippen MR) is 79.0 cm³/mol. The van der Waals surface area contributed by atoms with E-state index >= 15 is 0 Å². The molecule has 0 spiro atoms. The van der Waals surface area contributed by atoms with Gasteiger partial charge in [0.25, 0.3) is 0 Å². The molecule has 21 heavy (non-hydrogen) atoms. The molecular weight excluding hydrogens is 314 g/mol. The van der Waals surface area contributed by atoms with Crippen molar-refractivity contribution in [2.24, 2.45) is 5.73 Å². The molecule has 0 aliphatic carbocycles. The highest BCUT2D eigenvalue weighted by Gasteiger charge is 2.17. The zero-order valence-corrected chi connectivity index (χ0v) is 12.6. The van der Waals surface area contributed by atoms with Crippen molar-refractivity contribution < 1.29 is 17.4 Å². The molecule has 1 amide bonds. The van der Waals surface area contributed by atoms with Gasteiger partial charge in [0.2, 0.25) is 5.91 Å². The highest BCUT2D eigenvalue weighted by molar-refractivity contribution is 7.87. The summed E-state index contributed by atoms with van der Waals surface area (Å²) in [7, 11) is -3.98. The monoisotopic (exact) mass is 325 g/mol. The highest BCUT2D eigenvalue weighted by Crippen LogP contribution is 2.24. The molecular formula is C14H12ClNO4S. The van der Waals surface area contributed by atoms with Gasteiger partial charge >= 0.3 is 10.1 Å². The third-order valence-corrected chi connectivity index (χ3v) is 4.45. The van der Waals surface area contributed by atoms with Gasteiger partial charge in [-0.05, 0) is 55.0 Å². The van der Waals surface area contributed by atoms with Crippen LogP contribution in [0.4, 0.5) is 0 Å². The first-order valence-electron chi connectivity index (χ1n) is 5.90. The van der Waals surface area contributed by atoms with Crippen LogP contribution in [-0.2, 0) is 10.1 Å². The molecule has 0 fully saturated rings. The molecule has 0 aliphatic rings. The van der Waals surface area contributed by atoms with Crippen LogP contribution in [0.5, 0.6) is 5.75 Å². The van der Waals surface area contributed by atoms with E-state index in [2.05, 4.69) is 0 Å². The van der Waals surface area contributed by atoms with E-state index in [4.69, 9.17) is 21.5 Å². The average Bonchev–Trinajstić information content (AvgIpc) is 2.43. The zero-order chi connectivity index (χ0) is 15.6. The first-order chi connectivity index (χ1) is 9.79. The number of aryl methyl sites for hydroxylation is 1. The van der Waals surface area contributed by atoms with Crippen molar-refractivity contribution in [2.45, 2.75) is 11.8 Å². The standard InChI is InChI=1S/C14H12ClNO4S/c1-9-8-11(4-7-13(9)15)20-21(18,19)12-5-2-10(3-6-12)14(16)17/h2-8H,1H3,(H2,16,17). The van der Waals surface area contributed by atoms with Crippen molar-refractivity contribution in [3.05, 3.63) is 58.6 Å². The molecule has 2 rings (SSSR count). The van der Waals surface area contributed by atoms with Gasteiger partial charge in [0, 0.05) is 10.6 Å². The number of rotatable bonds is 4. The van der Waals surface area contributed by atoms with E-state index in [0.29, 0.717) is 10.6 Å². The van der Waals surface area contributed by atoms with Gasteiger partial charge < -0.3 is 9.92 Å². The zero-order valence-electron chi connectivity index (χ0n) is 11.0. The molecule has 0 saturated heterocycles. The Morgan fingerprint density at radius 3 is 2.29 bits per heavy atom. The topological polar surface area (TPSA) is 86.5 Å². The number of carbonyl (C=O) groups excluding carboxylic acids is 1. The number of hydrogen-bond acceptors (Lipinski definition) is 4. The number of amides is 1. The minimum absolute atomic E-state index is 0.0693. The van der Waals surface area contributed by atoms with Gasteiger partial charge in [0.15, 0.2) is 0 Å². The molecule has 0 atom stereocenters. The van der Waals surface area contributed by atoms with Crippen LogP contribution in [0.25, 0.3) is 0 Å². The van der Waals surface area contributed by atoms with Gasteiger partial charge in [-0.25, -0.2) is 0 Å². The van der Waals surface area contributed by atoms with Crippen LogP contribution < -0.4 is 9.92 Å². The summed E-state index contributed by atoms with van der Waals surface area (Å²) < 4.78 is 29.2. The van der Waals surface area contributed by atoms with Crippen molar-refractivity contribution in [1.29, 1.82) is 0 Å². The summed E-state index contributed by atoms with van der Waals surface area (Å²) in [5, 5.41) is 0.519. The second-order valence-electron chi connectivity index (χ2n) is 4.34. The van der Waals surface area contributed by atoms with Gasteiger partial charge in [0.05, 0.1) is 0 Å². The molecule has 5 nitrogen and oxygen atoms in total. The highest BCUT2D eigenvalue weighted by atomic mass is 35.5. The summed E-state index contributed by atoms with van der Waals surface area (Å²) in [4.78, 5) is 10.9. The Morgan fingerprint density at radius 2 is 1.76 bits per heavy atom. The fourth-order valence-electron chi connectivity index (χ4n) is 1.63. The Morgan fingerprint density at radius 1 is 1.14 bits per heavy atom. The van der Waals surface area contributed by atoms with Crippen LogP contribution in [0.2, 0.25) is 5.02 Å². The Kier molecular flexibility index (Phi) is 4.20. The van der Waals surface area contributed by atoms with Crippen LogP contribution in [0.3, 0.4) is 0 Å². The molecule has 110 valence electrons. The minimum atomic E-state index is -3.98. The molecule has 0 heterocycles. The van der Waals surface area contributed by atoms with Crippen LogP contribution in [0.15, 0.2) is 47.4 Å². The van der Waals surface area contributed by atoms with E-state index in [1.807, 2.05) is 0 Å². The normalized spacial score (nSPS) is 11.1. The van der Waals surface area contributed by atoms with Crippen LogP contribution in [-0.4, -0.2) is 14.3 Å². The SMILES string of the molecule is Cc1cc(OS(=O)(=O)c2ccc(C(N)=O)cc2)ccc1Cl. The number of carbonyl (C=O) groups is 1. The number of primary amides is 1. The van der Waals surface area contributed by atoms with Crippen molar-refractivity contribution in [2.75, 3.05) is 0 Å². The first kappa shape index (κ1) is 15.3. The molecule has 7 heteroatoms. The van der Waals surface area contributed by atoms with Crippen molar-refractivity contribution in [3.63, 3.8) is 0 Å². The van der Waals surface area contributed by atoms with Gasteiger partial charge in [0.1, 0.15) is 10.6 Å². The lowest BCUT2D eigenvalue weighted by molar-refractivity contribution is 0.1000. The van der Waals surface area contributed by atoms with Gasteiger partial charge in [-0.15, -0.1) is 0 Å². The maximum absolute atomic E-state index is 12.1. The van der Waals surface area contributed by atoms with Gasteiger partial charge in [-0.3, -0.25) is 4.79 Å². The number of hydrogen-bond donors (Lipinski definition) is 1. The molecule has 0 aliphatic heterocycles. The van der Waals surface area contributed by atoms with Crippen LogP contribution >= 0.6 is 11.6 Å². The third kappa shape index (κ3) is 3.53. The summed E-state index contributed by atoms with van der Waals surface area (Å²) in [5.41, 5.74) is 6.02. The molecule has 0 saturated carbocycles. The van der Waals surface area contributed by atoms with Gasteiger partial charge in [-0.1, -0.05) is 11.6 Å². The number of nitrogens with two attached hydrogens (primary N) is 1. The first-order valence-corrected chi connectivity index (χ1v) is 7.69. The Balaban J connectivity index is 2.29. The Labute approximate surface area is 127 Å². The summed E-state index contributed by atoms with van der Waals surface area (Å²) in [6.45, 7) is 1.74. The van der Waals surface area contributed by atoms with E-state index < -0.39 is 16.0 Å². The third-order valence-electron chi connectivity index (χ3n) is 2.76. The minimum Gasteiger partial charge on any atom is -0.379 e. The van der Waals surface area contributed by atoms with Gasteiger partial charge in [-0.2, -0.15) is 8.42 Å². The van der Waals surface area contributed by atoms with Crippen molar-refractivity contribution >= 4 is 27.6 Å². The summed E-state index contributed by atoms with van der Waals surface area (Å²) in [5.74, 6) is -0.468. The quantitative estimate of drug-likeness (QED) is 0.875. The Bertz CT molecular complexity index is 785. The summed E-state index contributed by atoms with van der Waals surface area (Å²) >= 11 is 5.87. The molecule has 0 aromatic heterocycles. The smallest absolute Gasteiger partial charge is 0.339 e. The van der Waals surface area contributed by atoms with E-state index in [-0.39, 0.29) is 16.2 Å².